The van der Waals surface area contributed by atoms with Gasteiger partial charge in [0.25, 0.3) is 0 Å². The molecule has 2 rings (SSSR count). The number of aromatic nitrogens is 3. The molecule has 0 bridgehead atoms. The average molecular weight is 219 g/mol. The van der Waals surface area contributed by atoms with Gasteiger partial charge in [-0.15, -0.1) is 0 Å². The molecule has 6 heteroatoms. The van der Waals surface area contributed by atoms with Crippen LogP contribution in [0.5, 0.6) is 0 Å². The molecule has 0 saturated carbocycles. The number of ether oxygens (including phenoxy) is 1. The lowest BCUT2D eigenvalue weighted by Gasteiger charge is -1.98. The van der Waals surface area contributed by atoms with Crippen LogP contribution in [-0.4, -0.2) is 33.5 Å². The van der Waals surface area contributed by atoms with Crippen LogP contribution in [0.1, 0.15) is 27.6 Å². The second kappa shape index (κ2) is 4.09. The van der Waals surface area contributed by atoms with Crippen molar-refractivity contribution >= 4 is 17.9 Å². The van der Waals surface area contributed by atoms with Crippen molar-refractivity contribution < 1.29 is 14.3 Å². The van der Waals surface area contributed by atoms with Gasteiger partial charge >= 0.3 is 5.97 Å². The lowest BCUT2D eigenvalue weighted by Crippen LogP contribution is -2.05. The van der Waals surface area contributed by atoms with E-state index in [1.165, 1.54) is 23.1 Å². The summed E-state index contributed by atoms with van der Waals surface area (Å²) in [5.41, 5.74) is 1.06. The molecule has 2 heterocycles. The van der Waals surface area contributed by atoms with Crippen LogP contribution < -0.4 is 0 Å². The summed E-state index contributed by atoms with van der Waals surface area (Å²) in [6.07, 6.45) is 4.91. The van der Waals surface area contributed by atoms with Crippen molar-refractivity contribution in [2.24, 2.45) is 0 Å². The van der Waals surface area contributed by atoms with Crippen molar-refractivity contribution in [2.75, 3.05) is 6.61 Å². The summed E-state index contributed by atoms with van der Waals surface area (Å²) in [6, 6.07) is 0. The van der Waals surface area contributed by atoms with Gasteiger partial charge in [-0.2, -0.15) is 5.10 Å². The van der Waals surface area contributed by atoms with Gasteiger partial charge < -0.3 is 4.74 Å². The second-order valence-electron chi connectivity index (χ2n) is 3.05. The molecule has 0 aliphatic carbocycles. The highest BCUT2D eigenvalue weighted by Crippen LogP contribution is 2.09. The van der Waals surface area contributed by atoms with E-state index in [1.54, 1.807) is 6.92 Å². The van der Waals surface area contributed by atoms with E-state index in [1.807, 2.05) is 0 Å². The summed E-state index contributed by atoms with van der Waals surface area (Å²) in [5, 5.41) is 3.93. The molecule has 0 atom stereocenters. The fourth-order valence-corrected chi connectivity index (χ4v) is 1.30. The number of hydrogen-bond acceptors (Lipinski definition) is 5. The first-order valence-corrected chi connectivity index (χ1v) is 4.72. The molecule has 2 aromatic rings. The van der Waals surface area contributed by atoms with Crippen LogP contribution in [0.3, 0.4) is 0 Å². The molecule has 0 aromatic carbocycles. The fourth-order valence-electron chi connectivity index (χ4n) is 1.30. The number of hydrogen-bond donors (Lipinski definition) is 0. The maximum Gasteiger partial charge on any atom is 0.343 e. The van der Waals surface area contributed by atoms with Gasteiger partial charge in [0.15, 0.2) is 11.9 Å². The Morgan fingerprint density at radius 1 is 1.56 bits per heavy atom. The number of esters is 1. The smallest absolute Gasteiger partial charge is 0.343 e. The van der Waals surface area contributed by atoms with Crippen LogP contribution in [0.25, 0.3) is 5.65 Å². The Balaban J connectivity index is 2.49. The first kappa shape index (κ1) is 10.3. The van der Waals surface area contributed by atoms with E-state index in [2.05, 4.69) is 10.1 Å². The van der Waals surface area contributed by atoms with Gasteiger partial charge in [-0.05, 0) is 6.92 Å². The minimum Gasteiger partial charge on any atom is -0.462 e. The lowest BCUT2D eigenvalue weighted by molar-refractivity contribution is 0.0528. The van der Waals surface area contributed by atoms with E-state index in [-0.39, 0.29) is 0 Å². The minimum absolute atomic E-state index is 0.291. The molecule has 82 valence electrons. The third kappa shape index (κ3) is 1.65. The SMILES string of the molecule is CCOC(=O)c1cnn2cc(C=O)cnc12. The number of carbonyl (C=O) groups is 2. The summed E-state index contributed by atoms with van der Waals surface area (Å²) in [5.74, 6) is -0.469. The molecule has 0 saturated heterocycles. The van der Waals surface area contributed by atoms with E-state index in [9.17, 15) is 9.59 Å². The largest absolute Gasteiger partial charge is 0.462 e. The highest BCUT2D eigenvalue weighted by Gasteiger charge is 2.14. The van der Waals surface area contributed by atoms with Crippen molar-refractivity contribution in [3.63, 3.8) is 0 Å². The molecule has 0 radical (unpaired) electrons. The maximum atomic E-state index is 11.5. The molecule has 6 nitrogen and oxygen atoms in total. The Bertz CT molecular complexity index is 547. The van der Waals surface area contributed by atoms with Crippen LogP contribution in [-0.2, 0) is 4.74 Å². The molecule has 2 aromatic heterocycles. The first-order chi connectivity index (χ1) is 7.76. The predicted octanol–water partition coefficient (Wildman–Crippen LogP) is 0.719. The summed E-state index contributed by atoms with van der Waals surface area (Å²) < 4.78 is 6.22. The third-order valence-corrected chi connectivity index (χ3v) is 2.01. The van der Waals surface area contributed by atoms with E-state index < -0.39 is 5.97 Å². The lowest BCUT2D eigenvalue weighted by atomic mass is 10.3. The van der Waals surface area contributed by atoms with Gasteiger partial charge in [0.05, 0.1) is 18.4 Å². The summed E-state index contributed by atoms with van der Waals surface area (Å²) in [6.45, 7) is 2.02. The number of aldehydes is 1. The van der Waals surface area contributed by atoms with E-state index in [0.29, 0.717) is 29.7 Å². The molecule has 0 N–H and O–H groups in total. The Labute approximate surface area is 90.9 Å². The molecule has 0 unspecified atom stereocenters. The van der Waals surface area contributed by atoms with Crippen molar-refractivity contribution in [3.05, 3.63) is 29.7 Å². The van der Waals surface area contributed by atoms with Crippen LogP contribution in [0.4, 0.5) is 0 Å². The van der Waals surface area contributed by atoms with Crippen molar-refractivity contribution in [2.45, 2.75) is 6.92 Å². The van der Waals surface area contributed by atoms with E-state index >= 15 is 0 Å². The molecule has 0 amide bonds. The minimum atomic E-state index is -0.469. The quantitative estimate of drug-likeness (QED) is 0.561. The standard InChI is InChI=1S/C10H9N3O3/c1-2-16-10(15)8-4-12-13-5-7(6-14)3-11-9(8)13/h3-6H,2H2,1H3. The van der Waals surface area contributed by atoms with Gasteiger partial charge in [0.1, 0.15) is 5.56 Å². The van der Waals surface area contributed by atoms with E-state index in [0.717, 1.165) is 0 Å². The van der Waals surface area contributed by atoms with Gasteiger partial charge in [0.2, 0.25) is 0 Å². The van der Waals surface area contributed by atoms with Crippen LogP contribution in [0, 0.1) is 0 Å². The fraction of sp³-hybridized carbons (Fsp3) is 0.200. The first-order valence-electron chi connectivity index (χ1n) is 4.72. The zero-order valence-electron chi connectivity index (χ0n) is 8.58. The van der Waals surface area contributed by atoms with Crippen LogP contribution >= 0.6 is 0 Å². The monoisotopic (exact) mass is 219 g/mol. The predicted molar refractivity (Wildman–Crippen MR) is 54.3 cm³/mol. The van der Waals surface area contributed by atoms with Gasteiger partial charge in [-0.25, -0.2) is 14.3 Å². The summed E-state index contributed by atoms with van der Waals surface area (Å²) >= 11 is 0. The van der Waals surface area contributed by atoms with Crippen LogP contribution in [0.2, 0.25) is 0 Å². The molecular weight excluding hydrogens is 210 g/mol. The number of nitrogens with zero attached hydrogens (tertiary/aromatic N) is 3. The Morgan fingerprint density at radius 3 is 3.06 bits per heavy atom. The third-order valence-electron chi connectivity index (χ3n) is 2.01. The van der Waals surface area contributed by atoms with Crippen LogP contribution in [0.15, 0.2) is 18.6 Å². The topological polar surface area (TPSA) is 73.6 Å². The van der Waals surface area contributed by atoms with Gasteiger partial charge in [0, 0.05) is 12.4 Å². The summed E-state index contributed by atoms with van der Waals surface area (Å²) in [4.78, 5) is 26.0. The molecular formula is C10H9N3O3. The number of carbonyl (C=O) groups excluding carboxylic acids is 2. The molecule has 0 spiro atoms. The highest BCUT2D eigenvalue weighted by atomic mass is 16.5. The molecule has 16 heavy (non-hydrogen) atoms. The highest BCUT2D eigenvalue weighted by molar-refractivity contribution is 5.95. The van der Waals surface area contributed by atoms with Crippen molar-refractivity contribution in [3.8, 4) is 0 Å². The number of rotatable bonds is 3. The molecule has 0 aliphatic heterocycles. The second-order valence-corrected chi connectivity index (χ2v) is 3.05. The average Bonchev–Trinajstić information content (AvgIpc) is 2.71. The Morgan fingerprint density at radius 2 is 2.38 bits per heavy atom. The maximum absolute atomic E-state index is 11.5. The zero-order valence-corrected chi connectivity index (χ0v) is 8.58. The normalized spacial score (nSPS) is 10.3. The van der Waals surface area contributed by atoms with Crippen molar-refractivity contribution in [1.29, 1.82) is 0 Å². The zero-order chi connectivity index (χ0) is 11.5. The van der Waals surface area contributed by atoms with Gasteiger partial charge in [-0.3, -0.25) is 4.79 Å². The van der Waals surface area contributed by atoms with E-state index in [4.69, 9.17) is 4.74 Å². The molecule has 0 fully saturated rings. The van der Waals surface area contributed by atoms with Gasteiger partial charge in [-0.1, -0.05) is 0 Å². The summed E-state index contributed by atoms with van der Waals surface area (Å²) in [7, 11) is 0. The number of fused-ring (bicyclic) bond motifs is 1. The van der Waals surface area contributed by atoms with Crippen molar-refractivity contribution in [1.82, 2.24) is 14.6 Å². The molecule has 0 aliphatic rings. The Kier molecular flexibility index (Phi) is 2.63. The Hall–Kier alpha value is -2.24.